The average molecular weight is 470 g/mol. The lowest BCUT2D eigenvalue weighted by molar-refractivity contribution is -0.0245. The number of aliphatic hydroxyl groups is 2. The van der Waals surface area contributed by atoms with E-state index in [4.69, 9.17) is 10.5 Å². The van der Waals surface area contributed by atoms with Crippen molar-refractivity contribution in [3.8, 4) is 11.5 Å². The monoisotopic (exact) mass is 470 g/mol. The summed E-state index contributed by atoms with van der Waals surface area (Å²) in [7, 11) is 0. The molecule has 1 fully saturated rings. The number of nitrogens with two attached hydrogens (primary N) is 1. The van der Waals surface area contributed by atoms with Crippen molar-refractivity contribution >= 4 is 22.9 Å². The summed E-state index contributed by atoms with van der Waals surface area (Å²) in [6, 6.07) is 2.94. The maximum absolute atomic E-state index is 12.5. The van der Waals surface area contributed by atoms with E-state index < -0.39 is 36.2 Å². The van der Waals surface area contributed by atoms with Gasteiger partial charge in [-0.25, -0.2) is 15.0 Å². The molecular weight excluding hydrogens is 444 g/mol. The fraction of sp³-hybridized carbons (Fsp3) is 0.364. The number of nitrogens with one attached hydrogen (secondary N) is 1. The molecule has 0 radical (unpaired) electrons. The van der Waals surface area contributed by atoms with Crippen LogP contribution in [0.25, 0.3) is 11.2 Å². The number of phenols is 2. The van der Waals surface area contributed by atoms with Crippen LogP contribution in [0.2, 0.25) is 0 Å². The van der Waals surface area contributed by atoms with Gasteiger partial charge in [-0.05, 0) is 23.6 Å². The molecule has 12 heteroatoms. The molecule has 34 heavy (non-hydrogen) atoms. The number of anilines is 1. The molecule has 12 nitrogen and oxygen atoms in total. The summed E-state index contributed by atoms with van der Waals surface area (Å²) in [6.45, 7) is 3.86. The molecule has 4 atom stereocenters. The number of rotatable bonds is 6. The van der Waals surface area contributed by atoms with Crippen LogP contribution >= 0.6 is 0 Å². The van der Waals surface area contributed by atoms with Crippen LogP contribution in [-0.2, 0) is 4.74 Å². The number of phenolic OH excluding ortho intramolecular Hbond substituents is 2. The van der Waals surface area contributed by atoms with Crippen LogP contribution in [0.3, 0.4) is 0 Å². The molecule has 1 unspecified atom stereocenters. The van der Waals surface area contributed by atoms with Crippen LogP contribution in [0.15, 0.2) is 36.9 Å². The van der Waals surface area contributed by atoms with Crippen LogP contribution in [0.5, 0.6) is 11.5 Å². The molecule has 180 valence electrons. The molecule has 2 aromatic heterocycles. The van der Waals surface area contributed by atoms with E-state index in [1.54, 1.807) is 6.08 Å². The summed E-state index contributed by atoms with van der Waals surface area (Å²) < 4.78 is 7.26. The number of nitrogen functional groups attached to an aromatic ring is 1. The van der Waals surface area contributed by atoms with E-state index in [-0.39, 0.29) is 29.6 Å². The summed E-state index contributed by atoms with van der Waals surface area (Å²) in [5, 5.41) is 43.5. The Morgan fingerprint density at radius 2 is 2.00 bits per heavy atom. The second-order valence-corrected chi connectivity index (χ2v) is 8.28. The third kappa shape index (κ3) is 4.25. The number of hydrogen-bond acceptors (Lipinski definition) is 10. The summed E-state index contributed by atoms with van der Waals surface area (Å²) in [6.07, 6.45) is 1.40. The van der Waals surface area contributed by atoms with Gasteiger partial charge < -0.3 is 36.2 Å². The molecule has 0 saturated carbocycles. The number of aromatic hydroxyl groups is 2. The van der Waals surface area contributed by atoms with Crippen molar-refractivity contribution in [2.45, 2.75) is 44.3 Å². The first-order valence-corrected chi connectivity index (χ1v) is 10.6. The second kappa shape index (κ2) is 9.25. The normalized spacial score (nSPS) is 22.7. The standard InChI is InChI=1S/C22H26N6O6/c1-10(2)11-6-12(16(30)13(29)7-11)21(33)24-5-3-4-14-17(31)18(32)22(34-14)28-9-27-15-19(23)25-8-26-20(15)28/h3-4,6-10,14,17-18,22,29-32H,5H2,1-2H3,(H,24,33)(H2,23,25,26)/t14-,17+,18?,22-/m1/s1. The number of aliphatic hydroxyl groups excluding tert-OH is 2. The number of fused-ring (bicyclic) bond motifs is 1. The van der Waals surface area contributed by atoms with E-state index in [0.29, 0.717) is 16.7 Å². The number of nitrogens with zero attached hydrogens (tertiary/aromatic N) is 4. The smallest absolute Gasteiger partial charge is 0.255 e. The third-order valence-corrected chi connectivity index (χ3v) is 5.67. The quantitative estimate of drug-likeness (QED) is 0.219. The third-order valence-electron chi connectivity index (χ3n) is 5.67. The van der Waals surface area contributed by atoms with E-state index in [2.05, 4.69) is 20.3 Å². The van der Waals surface area contributed by atoms with Crippen molar-refractivity contribution in [2.75, 3.05) is 12.3 Å². The van der Waals surface area contributed by atoms with Gasteiger partial charge in [0.2, 0.25) is 0 Å². The van der Waals surface area contributed by atoms with Gasteiger partial charge in [-0.2, -0.15) is 0 Å². The predicted octanol–water partition coefficient (Wildman–Crippen LogP) is 0.548. The Kier molecular flexibility index (Phi) is 6.37. The van der Waals surface area contributed by atoms with Crippen molar-refractivity contribution in [1.82, 2.24) is 24.8 Å². The first-order valence-electron chi connectivity index (χ1n) is 10.6. The molecule has 7 N–H and O–H groups in total. The minimum Gasteiger partial charge on any atom is -0.504 e. The molecule has 0 spiro atoms. The highest BCUT2D eigenvalue weighted by Gasteiger charge is 2.43. The zero-order valence-electron chi connectivity index (χ0n) is 18.5. The minimum atomic E-state index is -1.27. The average Bonchev–Trinajstić information content (AvgIpc) is 3.35. The molecular formula is C22H26N6O6. The Hall–Kier alpha value is -3.74. The molecule has 1 amide bonds. The number of hydrogen-bond donors (Lipinski definition) is 6. The highest BCUT2D eigenvalue weighted by molar-refractivity contribution is 5.98. The number of benzene rings is 1. The Morgan fingerprint density at radius 1 is 1.24 bits per heavy atom. The molecule has 1 saturated heterocycles. The van der Waals surface area contributed by atoms with Gasteiger partial charge in [-0.3, -0.25) is 9.36 Å². The van der Waals surface area contributed by atoms with Crippen molar-refractivity contribution in [3.05, 3.63) is 48.1 Å². The van der Waals surface area contributed by atoms with E-state index in [0.717, 1.165) is 0 Å². The van der Waals surface area contributed by atoms with Crippen LogP contribution in [0, 0.1) is 0 Å². The molecule has 3 aromatic rings. The lowest BCUT2D eigenvalue weighted by atomic mass is 9.99. The van der Waals surface area contributed by atoms with Gasteiger partial charge in [-0.1, -0.05) is 26.0 Å². The molecule has 3 heterocycles. The van der Waals surface area contributed by atoms with E-state index in [9.17, 15) is 25.2 Å². The molecule has 4 rings (SSSR count). The maximum Gasteiger partial charge on any atom is 0.255 e. The van der Waals surface area contributed by atoms with Crippen molar-refractivity contribution < 1.29 is 30.0 Å². The van der Waals surface area contributed by atoms with E-state index in [1.165, 1.54) is 35.4 Å². The number of imidazole rings is 1. The molecule has 0 bridgehead atoms. The second-order valence-electron chi connectivity index (χ2n) is 8.28. The highest BCUT2D eigenvalue weighted by atomic mass is 16.6. The SMILES string of the molecule is CC(C)c1cc(O)c(O)c(C(=O)NCC=C[C@H]2O[C@@H](n3cnc4c(N)ncnc43)C(O)[C@H]2O)c1. The first-order chi connectivity index (χ1) is 16.2. The zero-order valence-corrected chi connectivity index (χ0v) is 18.5. The molecule has 1 aliphatic rings. The lowest BCUT2D eigenvalue weighted by Gasteiger charge is -2.16. The van der Waals surface area contributed by atoms with Gasteiger partial charge in [0.15, 0.2) is 29.2 Å². The molecule has 1 aromatic carbocycles. The number of aromatic nitrogens is 4. The Morgan fingerprint density at radius 3 is 2.74 bits per heavy atom. The van der Waals surface area contributed by atoms with Crippen molar-refractivity contribution in [2.24, 2.45) is 0 Å². The Bertz CT molecular complexity index is 1240. The van der Waals surface area contributed by atoms with Crippen molar-refractivity contribution in [3.63, 3.8) is 0 Å². The largest absolute Gasteiger partial charge is 0.504 e. The highest BCUT2D eigenvalue weighted by Crippen LogP contribution is 2.34. The number of amides is 1. The topological polar surface area (TPSA) is 189 Å². The first kappa shape index (κ1) is 23.4. The van der Waals surface area contributed by atoms with Crippen molar-refractivity contribution in [1.29, 1.82) is 0 Å². The zero-order chi connectivity index (χ0) is 24.6. The van der Waals surface area contributed by atoms with Gasteiger partial charge in [-0.15, -0.1) is 0 Å². The Balaban J connectivity index is 1.42. The fourth-order valence-corrected chi connectivity index (χ4v) is 3.73. The van der Waals surface area contributed by atoms with Gasteiger partial charge >= 0.3 is 0 Å². The van der Waals surface area contributed by atoms with Gasteiger partial charge in [0.1, 0.15) is 30.2 Å². The van der Waals surface area contributed by atoms with Crippen LogP contribution in [0.1, 0.15) is 41.9 Å². The van der Waals surface area contributed by atoms with Gasteiger partial charge in [0, 0.05) is 6.54 Å². The summed E-state index contributed by atoms with van der Waals surface area (Å²) in [5.74, 6) is -1.21. The number of carbonyl (C=O) groups is 1. The number of ether oxygens (including phenoxy) is 1. The number of carbonyl (C=O) groups excluding carboxylic acids is 1. The van der Waals surface area contributed by atoms with Gasteiger partial charge in [0.05, 0.1) is 11.9 Å². The van der Waals surface area contributed by atoms with Crippen LogP contribution < -0.4 is 11.1 Å². The molecule has 1 aliphatic heterocycles. The summed E-state index contributed by atoms with van der Waals surface area (Å²) in [4.78, 5) is 24.6. The van der Waals surface area contributed by atoms with Crippen LogP contribution in [-0.4, -0.2) is 70.7 Å². The Labute approximate surface area is 194 Å². The fourth-order valence-electron chi connectivity index (χ4n) is 3.73. The minimum absolute atomic E-state index is 0.0435. The predicted molar refractivity (Wildman–Crippen MR) is 121 cm³/mol. The van der Waals surface area contributed by atoms with E-state index in [1.807, 2.05) is 13.8 Å². The van der Waals surface area contributed by atoms with Crippen LogP contribution in [0.4, 0.5) is 5.82 Å². The lowest BCUT2D eigenvalue weighted by Crippen LogP contribution is -2.31. The summed E-state index contributed by atoms with van der Waals surface area (Å²) in [5.41, 5.74) is 7.16. The van der Waals surface area contributed by atoms with E-state index >= 15 is 0 Å². The molecule has 0 aliphatic carbocycles. The maximum atomic E-state index is 12.5. The summed E-state index contributed by atoms with van der Waals surface area (Å²) >= 11 is 0. The van der Waals surface area contributed by atoms with Gasteiger partial charge in [0.25, 0.3) is 5.91 Å².